The van der Waals surface area contributed by atoms with Crippen molar-refractivity contribution < 1.29 is 13.2 Å². The average molecular weight is 299 g/mol. The van der Waals surface area contributed by atoms with Crippen LogP contribution in [0.4, 0.5) is 5.69 Å². The lowest BCUT2D eigenvalue weighted by Crippen LogP contribution is -2.13. The van der Waals surface area contributed by atoms with Crippen LogP contribution in [0.15, 0.2) is 47.5 Å². The highest BCUT2D eigenvalue weighted by Crippen LogP contribution is 2.20. The molecule has 0 aliphatic rings. The maximum absolute atomic E-state index is 12.1. The van der Waals surface area contributed by atoms with Gasteiger partial charge in [0.15, 0.2) is 0 Å². The molecule has 0 radical (unpaired) electrons. The number of nitrogens with zero attached hydrogens (tertiary/aromatic N) is 1. The zero-order valence-corrected chi connectivity index (χ0v) is 11.6. The van der Waals surface area contributed by atoms with Crippen molar-refractivity contribution in [1.29, 1.82) is 0 Å². The number of sulfonamides is 1. The van der Waals surface area contributed by atoms with E-state index in [1.807, 2.05) is 0 Å². The van der Waals surface area contributed by atoms with Crippen molar-refractivity contribution in [2.45, 2.75) is 4.90 Å². The fraction of sp³-hybridized carbons (Fsp3) is 0.0833. The number of nitrogens with one attached hydrogen (secondary N) is 1. The summed E-state index contributed by atoms with van der Waals surface area (Å²) >= 11 is 5.62. The van der Waals surface area contributed by atoms with Crippen LogP contribution in [-0.4, -0.2) is 20.5 Å². The second-order valence-electron chi connectivity index (χ2n) is 3.65. The summed E-state index contributed by atoms with van der Waals surface area (Å²) in [6, 6.07) is 9.43. The Hall–Kier alpha value is -1.79. The molecule has 2 aromatic rings. The number of hydrogen-bond donors (Lipinski definition) is 1. The third kappa shape index (κ3) is 3.36. The van der Waals surface area contributed by atoms with Gasteiger partial charge in [-0.3, -0.25) is 4.72 Å². The fourth-order valence-electron chi connectivity index (χ4n) is 1.42. The first-order valence-corrected chi connectivity index (χ1v) is 7.16. The Kier molecular flexibility index (Phi) is 3.92. The van der Waals surface area contributed by atoms with Gasteiger partial charge in [-0.15, -0.1) is 0 Å². The number of benzene rings is 1. The molecule has 0 amide bonds. The number of aromatic nitrogens is 1. The summed E-state index contributed by atoms with van der Waals surface area (Å²) in [4.78, 5) is 3.78. The minimum atomic E-state index is -3.68. The summed E-state index contributed by atoms with van der Waals surface area (Å²) in [6.07, 6.45) is 1.20. The molecule has 7 heteroatoms. The van der Waals surface area contributed by atoms with E-state index in [2.05, 4.69) is 9.71 Å². The maximum Gasteiger partial charge on any atom is 0.263 e. The lowest BCUT2D eigenvalue weighted by Gasteiger charge is -2.08. The maximum atomic E-state index is 12.1. The van der Waals surface area contributed by atoms with Crippen LogP contribution < -0.4 is 9.46 Å². The molecule has 1 aromatic heterocycles. The van der Waals surface area contributed by atoms with E-state index in [0.717, 1.165) is 0 Å². The number of methoxy groups -OCH3 is 1. The summed E-state index contributed by atoms with van der Waals surface area (Å²) in [7, 11) is -2.17. The van der Waals surface area contributed by atoms with E-state index in [0.29, 0.717) is 11.4 Å². The Labute approximate surface area is 116 Å². The molecule has 1 heterocycles. The number of rotatable bonds is 4. The van der Waals surface area contributed by atoms with E-state index in [-0.39, 0.29) is 10.0 Å². The molecule has 0 atom stereocenters. The van der Waals surface area contributed by atoms with Crippen molar-refractivity contribution >= 4 is 27.3 Å². The van der Waals surface area contributed by atoms with Gasteiger partial charge in [0.05, 0.1) is 12.8 Å². The van der Waals surface area contributed by atoms with E-state index in [4.69, 9.17) is 16.3 Å². The second-order valence-corrected chi connectivity index (χ2v) is 5.72. The normalized spacial score (nSPS) is 11.1. The number of halogens is 1. The molecule has 0 aliphatic heterocycles. The van der Waals surface area contributed by atoms with Crippen LogP contribution in [0.1, 0.15) is 0 Å². The third-order valence-electron chi connectivity index (χ3n) is 2.33. The van der Waals surface area contributed by atoms with E-state index < -0.39 is 10.0 Å². The predicted molar refractivity (Wildman–Crippen MR) is 73.0 cm³/mol. The molecule has 1 N–H and O–H groups in total. The highest BCUT2D eigenvalue weighted by atomic mass is 35.5. The van der Waals surface area contributed by atoms with Crippen molar-refractivity contribution in [2.75, 3.05) is 11.8 Å². The van der Waals surface area contributed by atoms with Crippen molar-refractivity contribution in [3.63, 3.8) is 0 Å². The Morgan fingerprint density at radius 2 is 2.05 bits per heavy atom. The molecule has 0 bridgehead atoms. The van der Waals surface area contributed by atoms with Crippen LogP contribution in [0.2, 0.25) is 5.15 Å². The molecular weight excluding hydrogens is 288 g/mol. The number of pyridine rings is 1. The highest BCUT2D eigenvalue weighted by Gasteiger charge is 2.14. The molecule has 19 heavy (non-hydrogen) atoms. The molecule has 5 nitrogen and oxygen atoms in total. The Morgan fingerprint density at radius 3 is 2.68 bits per heavy atom. The smallest absolute Gasteiger partial charge is 0.263 e. The molecule has 1 aromatic carbocycles. The van der Waals surface area contributed by atoms with Gasteiger partial charge in [0, 0.05) is 12.3 Å². The van der Waals surface area contributed by atoms with Gasteiger partial charge in [-0.2, -0.15) is 0 Å². The summed E-state index contributed by atoms with van der Waals surface area (Å²) in [5, 5.41) is 0.236. The van der Waals surface area contributed by atoms with Crippen LogP contribution in [0, 0.1) is 0 Å². The van der Waals surface area contributed by atoms with E-state index in [1.54, 1.807) is 24.3 Å². The van der Waals surface area contributed by atoms with Crippen molar-refractivity contribution in [3.05, 3.63) is 47.7 Å². The van der Waals surface area contributed by atoms with Gasteiger partial charge in [-0.05, 0) is 24.3 Å². The van der Waals surface area contributed by atoms with Gasteiger partial charge in [-0.1, -0.05) is 17.7 Å². The minimum absolute atomic E-state index is 0.0414. The molecule has 2 rings (SSSR count). The van der Waals surface area contributed by atoms with Crippen molar-refractivity contribution in [2.24, 2.45) is 0 Å². The SMILES string of the molecule is COc1cccc(NS(=O)(=O)c2ccc(Cl)nc2)c1. The van der Waals surface area contributed by atoms with Crippen LogP contribution in [0.5, 0.6) is 5.75 Å². The zero-order chi connectivity index (χ0) is 13.9. The summed E-state index contributed by atoms with van der Waals surface area (Å²) in [5.74, 6) is 0.564. The van der Waals surface area contributed by atoms with E-state index in [9.17, 15) is 8.42 Å². The van der Waals surface area contributed by atoms with Crippen LogP contribution in [0.3, 0.4) is 0 Å². The quantitative estimate of drug-likeness (QED) is 0.881. The van der Waals surface area contributed by atoms with Crippen molar-refractivity contribution in [1.82, 2.24) is 4.98 Å². The molecule has 0 fully saturated rings. The molecule has 0 spiro atoms. The number of anilines is 1. The first-order valence-electron chi connectivity index (χ1n) is 5.30. The van der Waals surface area contributed by atoms with E-state index in [1.165, 1.54) is 25.4 Å². The first kappa shape index (κ1) is 13.6. The lowest BCUT2D eigenvalue weighted by molar-refractivity contribution is 0.415. The van der Waals surface area contributed by atoms with Gasteiger partial charge < -0.3 is 4.74 Å². The predicted octanol–water partition coefficient (Wildman–Crippen LogP) is 2.54. The lowest BCUT2D eigenvalue weighted by atomic mass is 10.3. The molecule has 0 saturated heterocycles. The summed E-state index contributed by atoms with van der Waals surface area (Å²) in [5.41, 5.74) is 0.411. The first-order chi connectivity index (χ1) is 9.01. The molecule has 0 saturated carbocycles. The Morgan fingerprint density at radius 1 is 1.26 bits per heavy atom. The van der Waals surface area contributed by atoms with Crippen LogP contribution >= 0.6 is 11.6 Å². The molecule has 100 valence electrons. The van der Waals surface area contributed by atoms with Crippen LogP contribution in [-0.2, 0) is 10.0 Å². The highest BCUT2D eigenvalue weighted by molar-refractivity contribution is 7.92. The average Bonchev–Trinajstić information content (AvgIpc) is 2.39. The molecular formula is C12H11ClN2O3S. The van der Waals surface area contributed by atoms with Gasteiger partial charge in [-0.25, -0.2) is 13.4 Å². The van der Waals surface area contributed by atoms with Crippen LogP contribution in [0.25, 0.3) is 0 Å². The number of hydrogen-bond acceptors (Lipinski definition) is 4. The number of ether oxygens (including phenoxy) is 1. The Bertz CT molecular complexity index is 672. The van der Waals surface area contributed by atoms with Crippen molar-refractivity contribution in [3.8, 4) is 5.75 Å². The minimum Gasteiger partial charge on any atom is -0.497 e. The van der Waals surface area contributed by atoms with Gasteiger partial charge in [0.2, 0.25) is 0 Å². The third-order valence-corrected chi connectivity index (χ3v) is 3.92. The molecule has 0 aliphatic carbocycles. The largest absolute Gasteiger partial charge is 0.497 e. The Balaban J connectivity index is 2.28. The van der Waals surface area contributed by atoms with Gasteiger partial charge in [0.25, 0.3) is 10.0 Å². The zero-order valence-electron chi connectivity index (χ0n) is 10.00. The van der Waals surface area contributed by atoms with E-state index >= 15 is 0 Å². The fourth-order valence-corrected chi connectivity index (χ4v) is 2.53. The standard InChI is InChI=1S/C12H11ClN2O3S/c1-18-10-4-2-3-9(7-10)15-19(16,17)11-5-6-12(13)14-8-11/h2-8,15H,1H3. The molecule has 0 unspecified atom stereocenters. The summed E-state index contributed by atoms with van der Waals surface area (Å²) < 4.78 is 31.6. The van der Waals surface area contributed by atoms with Gasteiger partial charge in [0.1, 0.15) is 15.8 Å². The topological polar surface area (TPSA) is 68.3 Å². The second kappa shape index (κ2) is 5.46. The van der Waals surface area contributed by atoms with Gasteiger partial charge >= 0.3 is 0 Å². The summed E-state index contributed by atoms with van der Waals surface area (Å²) in [6.45, 7) is 0. The monoisotopic (exact) mass is 298 g/mol.